The zero-order valence-electron chi connectivity index (χ0n) is 10.8. The number of hydrogen-bond acceptors (Lipinski definition) is 4. The average molecular weight is 332 g/mol. The minimum absolute atomic E-state index is 0.787. The maximum Gasteiger partial charge on any atom is 0.137 e. The number of benzene rings is 1. The van der Waals surface area contributed by atoms with E-state index in [1.54, 1.807) is 0 Å². The SMILES string of the molecule is Brc1ccc(CNCCc2ncn[nH]2)c2ncccc12. The van der Waals surface area contributed by atoms with Crippen LogP contribution in [0.1, 0.15) is 11.4 Å². The molecule has 2 heterocycles. The van der Waals surface area contributed by atoms with Gasteiger partial charge in [-0.15, -0.1) is 0 Å². The number of hydrogen-bond donors (Lipinski definition) is 2. The Bertz CT molecular complexity index is 696. The molecule has 0 bridgehead atoms. The van der Waals surface area contributed by atoms with Crippen LogP contribution >= 0.6 is 15.9 Å². The largest absolute Gasteiger partial charge is 0.312 e. The molecule has 0 radical (unpaired) electrons. The Morgan fingerprint density at radius 3 is 3.00 bits per heavy atom. The smallest absolute Gasteiger partial charge is 0.137 e. The molecule has 0 atom stereocenters. The van der Waals surface area contributed by atoms with E-state index in [0.29, 0.717) is 0 Å². The van der Waals surface area contributed by atoms with Crippen LogP contribution < -0.4 is 5.32 Å². The Morgan fingerprint density at radius 2 is 2.15 bits per heavy atom. The number of pyridine rings is 1. The van der Waals surface area contributed by atoms with Gasteiger partial charge in [0.05, 0.1) is 5.52 Å². The molecule has 0 fully saturated rings. The fourth-order valence-corrected chi connectivity index (χ4v) is 2.57. The third kappa shape index (κ3) is 2.86. The van der Waals surface area contributed by atoms with Crippen molar-refractivity contribution in [1.29, 1.82) is 0 Å². The number of nitrogens with one attached hydrogen (secondary N) is 2. The van der Waals surface area contributed by atoms with Crippen molar-refractivity contribution in [3.63, 3.8) is 0 Å². The van der Waals surface area contributed by atoms with E-state index in [9.17, 15) is 0 Å². The van der Waals surface area contributed by atoms with Gasteiger partial charge in [-0.2, -0.15) is 5.10 Å². The lowest BCUT2D eigenvalue weighted by atomic mass is 10.1. The summed E-state index contributed by atoms with van der Waals surface area (Å²) < 4.78 is 1.08. The molecule has 0 spiro atoms. The summed E-state index contributed by atoms with van der Waals surface area (Å²) in [6, 6.07) is 8.19. The zero-order chi connectivity index (χ0) is 13.8. The first-order chi connectivity index (χ1) is 9.84. The monoisotopic (exact) mass is 331 g/mol. The third-order valence-corrected chi connectivity index (χ3v) is 3.81. The summed E-state index contributed by atoms with van der Waals surface area (Å²) in [5.41, 5.74) is 2.23. The van der Waals surface area contributed by atoms with E-state index in [4.69, 9.17) is 0 Å². The van der Waals surface area contributed by atoms with Crippen molar-refractivity contribution >= 4 is 26.8 Å². The van der Waals surface area contributed by atoms with E-state index < -0.39 is 0 Å². The molecule has 2 aromatic heterocycles. The number of rotatable bonds is 5. The maximum absolute atomic E-state index is 4.47. The van der Waals surface area contributed by atoms with Crippen LogP contribution in [0, 0.1) is 0 Å². The summed E-state index contributed by atoms with van der Waals surface area (Å²) in [6.45, 7) is 1.63. The van der Waals surface area contributed by atoms with E-state index in [-0.39, 0.29) is 0 Å². The average Bonchev–Trinajstić information content (AvgIpc) is 2.99. The van der Waals surface area contributed by atoms with Gasteiger partial charge in [-0.25, -0.2) is 4.98 Å². The fourth-order valence-electron chi connectivity index (χ4n) is 2.12. The van der Waals surface area contributed by atoms with E-state index in [2.05, 4.69) is 59.6 Å². The van der Waals surface area contributed by atoms with E-state index in [0.717, 1.165) is 40.7 Å². The van der Waals surface area contributed by atoms with Crippen molar-refractivity contribution in [1.82, 2.24) is 25.5 Å². The number of halogens is 1. The molecule has 0 amide bonds. The molecule has 0 unspecified atom stereocenters. The number of aromatic amines is 1. The van der Waals surface area contributed by atoms with Gasteiger partial charge in [-0.05, 0) is 17.7 Å². The van der Waals surface area contributed by atoms with Gasteiger partial charge in [-0.3, -0.25) is 10.1 Å². The molecule has 6 heteroatoms. The van der Waals surface area contributed by atoms with Gasteiger partial charge in [0.25, 0.3) is 0 Å². The van der Waals surface area contributed by atoms with Crippen LogP contribution in [0.15, 0.2) is 41.3 Å². The number of fused-ring (bicyclic) bond motifs is 1. The first-order valence-corrected chi connectivity index (χ1v) is 7.21. The standard InChI is InChI=1S/C14H14BrN5/c15-12-4-3-10(14-11(12)2-1-6-17-14)8-16-7-5-13-18-9-19-20-13/h1-4,6,9,16H,5,7-8H2,(H,18,19,20). The maximum atomic E-state index is 4.47. The lowest BCUT2D eigenvalue weighted by Gasteiger charge is -2.08. The van der Waals surface area contributed by atoms with Crippen LogP contribution in [0.2, 0.25) is 0 Å². The molecule has 3 rings (SSSR count). The van der Waals surface area contributed by atoms with E-state index in [1.165, 1.54) is 11.9 Å². The molecule has 1 aromatic carbocycles. The van der Waals surface area contributed by atoms with Gasteiger partial charge in [0.15, 0.2) is 0 Å². The highest BCUT2D eigenvalue weighted by Crippen LogP contribution is 2.24. The van der Waals surface area contributed by atoms with Gasteiger partial charge < -0.3 is 5.32 Å². The lowest BCUT2D eigenvalue weighted by molar-refractivity contribution is 0.673. The number of aromatic nitrogens is 4. The Kier molecular flexibility index (Phi) is 4.03. The van der Waals surface area contributed by atoms with Crippen molar-refractivity contribution < 1.29 is 0 Å². The van der Waals surface area contributed by atoms with Crippen molar-refractivity contribution in [3.05, 3.63) is 52.7 Å². The van der Waals surface area contributed by atoms with Crippen LogP contribution in [0.3, 0.4) is 0 Å². The summed E-state index contributed by atoms with van der Waals surface area (Å²) in [7, 11) is 0. The van der Waals surface area contributed by atoms with Crippen LogP contribution in [0.4, 0.5) is 0 Å². The Morgan fingerprint density at radius 1 is 1.20 bits per heavy atom. The zero-order valence-corrected chi connectivity index (χ0v) is 12.4. The Balaban J connectivity index is 1.67. The first kappa shape index (κ1) is 13.2. The molecule has 0 saturated carbocycles. The molecule has 5 nitrogen and oxygen atoms in total. The molecule has 102 valence electrons. The second kappa shape index (κ2) is 6.11. The quantitative estimate of drug-likeness (QED) is 0.705. The molecule has 20 heavy (non-hydrogen) atoms. The van der Waals surface area contributed by atoms with Gasteiger partial charge in [-0.1, -0.05) is 28.1 Å². The third-order valence-electron chi connectivity index (χ3n) is 3.12. The molecule has 2 N–H and O–H groups in total. The van der Waals surface area contributed by atoms with Crippen molar-refractivity contribution in [3.8, 4) is 0 Å². The minimum Gasteiger partial charge on any atom is -0.312 e. The van der Waals surface area contributed by atoms with Gasteiger partial charge in [0.2, 0.25) is 0 Å². The topological polar surface area (TPSA) is 66.5 Å². The highest BCUT2D eigenvalue weighted by Gasteiger charge is 2.05. The number of nitrogens with zero attached hydrogens (tertiary/aromatic N) is 3. The molecule has 0 aliphatic rings. The molecule has 3 aromatic rings. The van der Waals surface area contributed by atoms with Crippen LogP contribution in [-0.2, 0) is 13.0 Å². The highest BCUT2D eigenvalue weighted by atomic mass is 79.9. The summed E-state index contributed by atoms with van der Waals surface area (Å²) >= 11 is 3.56. The van der Waals surface area contributed by atoms with Gasteiger partial charge in [0.1, 0.15) is 12.2 Å². The van der Waals surface area contributed by atoms with Crippen molar-refractivity contribution in [2.45, 2.75) is 13.0 Å². The number of H-pyrrole nitrogens is 1. The van der Waals surface area contributed by atoms with Crippen LogP contribution in [0.25, 0.3) is 10.9 Å². The summed E-state index contributed by atoms with van der Waals surface area (Å²) in [5.74, 6) is 0.899. The van der Waals surface area contributed by atoms with Crippen molar-refractivity contribution in [2.24, 2.45) is 0 Å². The lowest BCUT2D eigenvalue weighted by Crippen LogP contribution is -2.17. The predicted octanol–water partition coefficient (Wildman–Crippen LogP) is 2.45. The summed E-state index contributed by atoms with van der Waals surface area (Å²) in [4.78, 5) is 8.57. The van der Waals surface area contributed by atoms with Gasteiger partial charge >= 0.3 is 0 Å². The second-order valence-corrected chi connectivity index (χ2v) is 5.32. The highest BCUT2D eigenvalue weighted by molar-refractivity contribution is 9.10. The Hall–Kier alpha value is -1.79. The molecular weight excluding hydrogens is 318 g/mol. The molecular formula is C14H14BrN5. The van der Waals surface area contributed by atoms with E-state index in [1.807, 2.05) is 12.3 Å². The van der Waals surface area contributed by atoms with E-state index >= 15 is 0 Å². The molecule has 0 saturated heterocycles. The minimum atomic E-state index is 0.787. The normalized spacial score (nSPS) is 11.1. The fraction of sp³-hybridized carbons (Fsp3) is 0.214. The van der Waals surface area contributed by atoms with Gasteiger partial charge in [0, 0.05) is 35.6 Å². The summed E-state index contributed by atoms with van der Waals surface area (Å²) in [5, 5.41) is 11.2. The van der Waals surface area contributed by atoms with Crippen LogP contribution in [-0.4, -0.2) is 26.7 Å². The van der Waals surface area contributed by atoms with Crippen LogP contribution in [0.5, 0.6) is 0 Å². The molecule has 0 aliphatic heterocycles. The molecule has 0 aliphatic carbocycles. The second-order valence-electron chi connectivity index (χ2n) is 4.47. The predicted molar refractivity (Wildman–Crippen MR) is 81.2 cm³/mol. The first-order valence-electron chi connectivity index (χ1n) is 6.41. The van der Waals surface area contributed by atoms with Crippen molar-refractivity contribution in [2.75, 3.05) is 6.54 Å². The Labute approximate surface area is 125 Å². The summed E-state index contributed by atoms with van der Waals surface area (Å²) in [6.07, 6.45) is 4.19.